The number of hydrogen-bond donors (Lipinski definition) is 3. The second kappa shape index (κ2) is 11.9. The molecule has 0 bridgehead atoms. The molecule has 3 rings (SSSR count). The van der Waals surface area contributed by atoms with E-state index in [1.165, 1.54) is 13.1 Å². The fourth-order valence-corrected chi connectivity index (χ4v) is 3.72. The summed E-state index contributed by atoms with van der Waals surface area (Å²) in [7, 11) is 0. The molecule has 0 aliphatic heterocycles. The summed E-state index contributed by atoms with van der Waals surface area (Å²) in [6, 6.07) is 0.756. The number of amides is 2. The van der Waals surface area contributed by atoms with Crippen molar-refractivity contribution in [3.8, 4) is 11.8 Å². The average Bonchev–Trinajstić information content (AvgIpc) is 3.31. The fraction of sp³-hybridized carbons (Fsp3) is 0.273. The van der Waals surface area contributed by atoms with Crippen molar-refractivity contribution in [1.29, 1.82) is 0 Å². The monoisotopic (exact) mass is 538 g/mol. The van der Waals surface area contributed by atoms with E-state index in [2.05, 4.69) is 42.4 Å². The number of thiazole rings is 1. The lowest BCUT2D eigenvalue weighted by atomic mass is 10.1. The average molecular weight is 539 g/mol. The van der Waals surface area contributed by atoms with Crippen molar-refractivity contribution < 1.29 is 27.9 Å². The summed E-state index contributed by atoms with van der Waals surface area (Å²) >= 11 is 7.13. The van der Waals surface area contributed by atoms with Gasteiger partial charge in [-0.2, -0.15) is 13.2 Å². The number of halogens is 4. The van der Waals surface area contributed by atoms with E-state index in [4.69, 9.17) is 16.7 Å². The lowest BCUT2D eigenvalue weighted by Crippen LogP contribution is -2.24. The molecule has 3 heterocycles. The third-order valence-electron chi connectivity index (χ3n) is 4.50. The van der Waals surface area contributed by atoms with E-state index in [1.54, 1.807) is 0 Å². The van der Waals surface area contributed by atoms with Crippen LogP contribution in [-0.2, 0) is 12.7 Å². The Morgan fingerprint density at radius 2 is 1.94 bits per heavy atom. The molecule has 0 aliphatic carbocycles. The van der Waals surface area contributed by atoms with Gasteiger partial charge in [-0.25, -0.2) is 19.9 Å². The van der Waals surface area contributed by atoms with Crippen molar-refractivity contribution in [2.75, 3.05) is 11.9 Å². The molecule has 188 valence electrons. The molecule has 0 spiro atoms. The third-order valence-corrected chi connectivity index (χ3v) is 5.85. The van der Waals surface area contributed by atoms with Crippen molar-refractivity contribution in [3.63, 3.8) is 0 Å². The van der Waals surface area contributed by atoms with E-state index in [-0.39, 0.29) is 45.8 Å². The number of nitrogens with zero attached hydrogens (tertiary/aromatic N) is 4. The topological polar surface area (TPSA) is 130 Å². The first-order valence-corrected chi connectivity index (χ1v) is 11.5. The molecule has 3 aromatic heterocycles. The zero-order chi connectivity index (χ0) is 26.3. The molecule has 9 nitrogen and oxygen atoms in total. The maximum Gasteiger partial charge on any atom is 0.416 e. The second-order valence-corrected chi connectivity index (χ2v) is 8.64. The quantitative estimate of drug-likeness (QED) is 0.309. The van der Waals surface area contributed by atoms with Gasteiger partial charge in [0.2, 0.25) is 0 Å². The Balaban J connectivity index is 1.63. The van der Waals surface area contributed by atoms with Crippen LogP contribution in [-0.4, -0.2) is 43.5 Å². The number of rotatable bonds is 7. The Kier molecular flexibility index (Phi) is 8.92. The van der Waals surface area contributed by atoms with Crippen molar-refractivity contribution in [1.82, 2.24) is 25.3 Å². The van der Waals surface area contributed by atoms with Crippen LogP contribution in [0.25, 0.3) is 0 Å². The fourth-order valence-electron chi connectivity index (χ4n) is 2.74. The Hall–Kier alpha value is -3.60. The van der Waals surface area contributed by atoms with Gasteiger partial charge in [-0.15, -0.1) is 11.3 Å². The molecule has 0 unspecified atom stereocenters. The first-order chi connectivity index (χ1) is 17.1. The van der Waals surface area contributed by atoms with E-state index in [9.17, 15) is 22.8 Å². The molecule has 0 fully saturated rings. The van der Waals surface area contributed by atoms with Gasteiger partial charge in [0.25, 0.3) is 11.8 Å². The van der Waals surface area contributed by atoms with Gasteiger partial charge in [-0.1, -0.05) is 17.5 Å². The van der Waals surface area contributed by atoms with E-state index in [1.807, 2.05) is 0 Å². The zero-order valence-electron chi connectivity index (χ0n) is 18.6. The number of unbranched alkanes of at least 4 members (excludes halogenated alkanes) is 1. The van der Waals surface area contributed by atoms with Crippen molar-refractivity contribution in [2.24, 2.45) is 0 Å². The smallest absolute Gasteiger partial charge is 0.396 e. The number of hydrogen-bond acceptors (Lipinski definition) is 8. The highest BCUT2D eigenvalue weighted by Gasteiger charge is 2.33. The molecule has 3 aromatic rings. The first kappa shape index (κ1) is 27.0. The van der Waals surface area contributed by atoms with Crippen LogP contribution < -0.4 is 10.6 Å². The maximum absolute atomic E-state index is 13.1. The Bertz CT molecular complexity index is 1340. The molecule has 0 saturated carbocycles. The van der Waals surface area contributed by atoms with Crippen LogP contribution in [0.1, 0.15) is 54.8 Å². The molecule has 0 radical (unpaired) electrons. The molecular weight excluding hydrogens is 521 g/mol. The largest absolute Gasteiger partial charge is 0.416 e. The number of aliphatic hydroxyl groups excluding tert-OH is 1. The lowest BCUT2D eigenvalue weighted by molar-refractivity contribution is -0.138. The third kappa shape index (κ3) is 6.97. The van der Waals surface area contributed by atoms with Gasteiger partial charge in [-0.05, 0) is 30.9 Å². The standard InChI is InChI=1S/C22H18ClF3N6O3S/c1-12-8-27-16(7-13(12)22(24,25)26)32-20(34)15-9-28-17(36-15)10-29-21(35)19-18(23)14(30-11-31-19)5-3-2-4-6-33/h7-9,11,33H,2,4,6,10H2,1H3,(H,29,35)(H,27,32,34). The Morgan fingerprint density at radius 3 is 2.67 bits per heavy atom. The highest BCUT2D eigenvalue weighted by Crippen LogP contribution is 2.32. The Morgan fingerprint density at radius 1 is 1.17 bits per heavy atom. The van der Waals surface area contributed by atoms with Gasteiger partial charge in [0.15, 0.2) is 5.69 Å². The summed E-state index contributed by atoms with van der Waals surface area (Å²) in [5.74, 6) is 3.94. The highest BCUT2D eigenvalue weighted by atomic mass is 35.5. The molecule has 14 heteroatoms. The van der Waals surface area contributed by atoms with E-state index < -0.39 is 23.6 Å². The number of pyridine rings is 1. The van der Waals surface area contributed by atoms with Crippen LogP contribution in [0.3, 0.4) is 0 Å². The van der Waals surface area contributed by atoms with Gasteiger partial charge in [0, 0.05) is 19.2 Å². The number of alkyl halides is 3. The van der Waals surface area contributed by atoms with Gasteiger partial charge < -0.3 is 15.7 Å². The first-order valence-electron chi connectivity index (χ1n) is 10.3. The summed E-state index contributed by atoms with van der Waals surface area (Å²) in [6.07, 6.45) is -0.252. The van der Waals surface area contributed by atoms with Crippen molar-refractivity contribution in [3.05, 3.63) is 62.2 Å². The van der Waals surface area contributed by atoms with Crippen LogP contribution in [0.5, 0.6) is 0 Å². The summed E-state index contributed by atoms with van der Waals surface area (Å²) in [6.45, 7) is 1.21. The number of nitrogens with one attached hydrogen (secondary N) is 2. The molecule has 0 aliphatic rings. The minimum absolute atomic E-state index is 0.00179. The summed E-state index contributed by atoms with van der Waals surface area (Å²) in [4.78, 5) is 40.7. The van der Waals surface area contributed by atoms with Gasteiger partial charge in [0.1, 0.15) is 32.7 Å². The van der Waals surface area contributed by atoms with E-state index in [0.717, 1.165) is 29.9 Å². The summed E-state index contributed by atoms with van der Waals surface area (Å²) < 4.78 is 39.2. The van der Waals surface area contributed by atoms with E-state index in [0.29, 0.717) is 17.8 Å². The summed E-state index contributed by atoms with van der Waals surface area (Å²) in [5.41, 5.74) is -0.899. The molecule has 36 heavy (non-hydrogen) atoms. The molecule has 0 aromatic carbocycles. The number of aryl methyl sites for hydroxylation is 1. The normalized spacial score (nSPS) is 10.9. The predicted octanol–water partition coefficient (Wildman–Crippen LogP) is 3.62. The molecule has 3 N–H and O–H groups in total. The van der Waals surface area contributed by atoms with Crippen LogP contribution in [0.15, 0.2) is 24.8 Å². The number of carbonyl (C=O) groups is 2. The molecular formula is C22H18ClF3N6O3S. The number of carbonyl (C=O) groups excluding carboxylic acids is 2. The van der Waals surface area contributed by atoms with Crippen LogP contribution in [0.2, 0.25) is 5.02 Å². The molecule has 0 atom stereocenters. The highest BCUT2D eigenvalue weighted by molar-refractivity contribution is 7.13. The Labute approximate surface area is 212 Å². The number of aliphatic hydroxyl groups is 1. The van der Waals surface area contributed by atoms with Crippen LogP contribution in [0, 0.1) is 18.8 Å². The minimum Gasteiger partial charge on any atom is -0.396 e. The van der Waals surface area contributed by atoms with Gasteiger partial charge in [-0.3, -0.25) is 9.59 Å². The summed E-state index contributed by atoms with van der Waals surface area (Å²) in [5, 5.41) is 14.0. The van der Waals surface area contributed by atoms with Crippen molar-refractivity contribution in [2.45, 2.75) is 32.5 Å². The van der Waals surface area contributed by atoms with Gasteiger partial charge in [0.05, 0.1) is 18.3 Å². The molecule has 2 amide bonds. The lowest BCUT2D eigenvalue weighted by Gasteiger charge is -2.11. The SMILES string of the molecule is Cc1cnc(NC(=O)c2cnc(CNC(=O)c3ncnc(C#CCCCO)c3Cl)s2)cc1C(F)(F)F. The maximum atomic E-state index is 13.1. The minimum atomic E-state index is -4.58. The van der Waals surface area contributed by atoms with Gasteiger partial charge >= 0.3 is 6.18 Å². The van der Waals surface area contributed by atoms with Crippen LogP contribution in [0.4, 0.5) is 19.0 Å². The predicted molar refractivity (Wildman–Crippen MR) is 125 cm³/mol. The molecule has 0 saturated heterocycles. The van der Waals surface area contributed by atoms with Crippen LogP contribution >= 0.6 is 22.9 Å². The second-order valence-electron chi connectivity index (χ2n) is 7.15. The number of aromatic nitrogens is 4. The number of anilines is 1. The van der Waals surface area contributed by atoms with Crippen molar-refractivity contribution >= 4 is 40.6 Å². The zero-order valence-corrected chi connectivity index (χ0v) is 20.2. The van der Waals surface area contributed by atoms with E-state index >= 15 is 0 Å².